The summed E-state index contributed by atoms with van der Waals surface area (Å²) in [5, 5.41) is 0.633. The largest absolute Gasteiger partial charge is 0.291 e. The Morgan fingerprint density at radius 3 is 2.38 bits per heavy atom. The van der Waals surface area contributed by atoms with Crippen molar-refractivity contribution in [3.8, 4) is 0 Å². The van der Waals surface area contributed by atoms with Gasteiger partial charge in [-0.1, -0.05) is 29.8 Å². The van der Waals surface area contributed by atoms with Gasteiger partial charge in [0.25, 0.3) is 0 Å². The third-order valence-electron chi connectivity index (χ3n) is 4.17. The van der Waals surface area contributed by atoms with Crippen molar-refractivity contribution >= 4 is 27.5 Å². The monoisotopic (exact) mass is 244 g/mol. The number of Topliss-reactive ketones (excluding diaryl/α,β-unsaturated/α-hetero) is 2. The SMILES string of the molecule is CC1(C)[C@H]2CC[C@@]1(CBr)C(=O)C2=O. The fourth-order valence-electron chi connectivity index (χ4n) is 2.97. The van der Waals surface area contributed by atoms with E-state index < -0.39 is 5.41 Å². The van der Waals surface area contributed by atoms with Crippen molar-refractivity contribution in [2.24, 2.45) is 16.7 Å². The summed E-state index contributed by atoms with van der Waals surface area (Å²) in [7, 11) is 0. The molecular formula is C10H13BrO2. The summed E-state index contributed by atoms with van der Waals surface area (Å²) in [4.78, 5) is 23.3. The van der Waals surface area contributed by atoms with Gasteiger partial charge in [-0.25, -0.2) is 0 Å². The molecule has 2 nitrogen and oxygen atoms in total. The predicted molar refractivity (Wildman–Crippen MR) is 52.7 cm³/mol. The van der Waals surface area contributed by atoms with Crippen LogP contribution < -0.4 is 0 Å². The lowest BCUT2D eigenvalue weighted by atomic mass is 9.70. The van der Waals surface area contributed by atoms with Crippen molar-refractivity contribution in [2.75, 3.05) is 5.33 Å². The van der Waals surface area contributed by atoms with E-state index in [0.29, 0.717) is 5.33 Å². The fraction of sp³-hybridized carbons (Fsp3) is 0.800. The number of fused-ring (bicyclic) bond motifs is 2. The molecule has 0 spiro atoms. The second-order valence-corrected chi connectivity index (χ2v) is 5.28. The summed E-state index contributed by atoms with van der Waals surface area (Å²) in [6.07, 6.45) is 1.77. The number of carbonyl (C=O) groups excluding carboxylic acids is 2. The first-order valence-corrected chi connectivity index (χ1v) is 5.74. The molecule has 72 valence electrons. The fourth-order valence-corrected chi connectivity index (χ4v) is 4.22. The molecule has 0 aromatic heterocycles. The minimum absolute atomic E-state index is 0.0162. The van der Waals surface area contributed by atoms with Crippen LogP contribution in [0.3, 0.4) is 0 Å². The highest BCUT2D eigenvalue weighted by molar-refractivity contribution is 9.09. The number of ketones is 2. The normalized spacial score (nSPS) is 41.6. The van der Waals surface area contributed by atoms with E-state index in [4.69, 9.17) is 0 Å². The van der Waals surface area contributed by atoms with Gasteiger partial charge in [-0.05, 0) is 18.3 Å². The van der Waals surface area contributed by atoms with E-state index in [-0.39, 0.29) is 22.9 Å². The molecule has 2 saturated carbocycles. The Morgan fingerprint density at radius 2 is 2.08 bits per heavy atom. The molecule has 0 aromatic carbocycles. The predicted octanol–water partition coefficient (Wildman–Crippen LogP) is 1.96. The summed E-state index contributed by atoms with van der Waals surface area (Å²) in [6.45, 7) is 4.10. The average molecular weight is 245 g/mol. The maximum atomic E-state index is 11.8. The van der Waals surface area contributed by atoms with Gasteiger partial charge in [-0.2, -0.15) is 0 Å². The molecule has 0 heterocycles. The van der Waals surface area contributed by atoms with Gasteiger partial charge in [-0.15, -0.1) is 0 Å². The number of hydrogen-bond acceptors (Lipinski definition) is 2. The lowest BCUT2D eigenvalue weighted by Gasteiger charge is -2.33. The summed E-state index contributed by atoms with van der Waals surface area (Å²) in [5.74, 6) is -0.279. The van der Waals surface area contributed by atoms with E-state index in [1.807, 2.05) is 0 Å². The molecule has 2 bridgehead atoms. The third-order valence-corrected chi connectivity index (χ3v) is 5.12. The van der Waals surface area contributed by atoms with E-state index in [0.717, 1.165) is 12.8 Å². The average Bonchev–Trinajstić information content (AvgIpc) is 2.41. The number of rotatable bonds is 1. The Morgan fingerprint density at radius 1 is 1.46 bits per heavy atom. The molecule has 0 radical (unpaired) electrons. The van der Waals surface area contributed by atoms with Gasteiger partial charge in [0.1, 0.15) is 0 Å². The van der Waals surface area contributed by atoms with E-state index in [2.05, 4.69) is 29.8 Å². The van der Waals surface area contributed by atoms with Crippen molar-refractivity contribution < 1.29 is 9.59 Å². The van der Waals surface area contributed by atoms with Crippen LogP contribution in [0.1, 0.15) is 26.7 Å². The highest BCUT2D eigenvalue weighted by atomic mass is 79.9. The van der Waals surface area contributed by atoms with E-state index >= 15 is 0 Å². The molecule has 0 aliphatic heterocycles. The highest BCUT2D eigenvalue weighted by Crippen LogP contribution is 2.62. The molecule has 2 aliphatic rings. The topological polar surface area (TPSA) is 34.1 Å². The number of halogens is 1. The third kappa shape index (κ3) is 0.797. The van der Waals surface area contributed by atoms with Gasteiger partial charge in [0, 0.05) is 11.2 Å². The summed E-state index contributed by atoms with van der Waals surface area (Å²) >= 11 is 3.39. The number of alkyl halides is 1. The first-order valence-electron chi connectivity index (χ1n) is 4.62. The van der Waals surface area contributed by atoms with Crippen LogP contribution in [-0.2, 0) is 9.59 Å². The lowest BCUT2D eigenvalue weighted by Crippen LogP contribution is -2.38. The zero-order chi connectivity index (χ0) is 9.85. The van der Waals surface area contributed by atoms with Gasteiger partial charge in [0.2, 0.25) is 11.6 Å². The van der Waals surface area contributed by atoms with Crippen LogP contribution in [0.5, 0.6) is 0 Å². The molecular weight excluding hydrogens is 232 g/mol. The summed E-state index contributed by atoms with van der Waals surface area (Å²) in [5.41, 5.74) is -0.528. The molecule has 2 fully saturated rings. The van der Waals surface area contributed by atoms with Gasteiger partial charge in [0.15, 0.2) is 0 Å². The molecule has 0 aromatic rings. The molecule has 2 atom stereocenters. The second-order valence-electron chi connectivity index (χ2n) is 4.72. The number of carbonyl (C=O) groups is 2. The molecule has 3 heteroatoms. The van der Waals surface area contributed by atoms with Gasteiger partial charge < -0.3 is 0 Å². The minimum atomic E-state index is -0.394. The van der Waals surface area contributed by atoms with Crippen molar-refractivity contribution in [2.45, 2.75) is 26.7 Å². The molecule has 0 amide bonds. The smallest absolute Gasteiger partial charge is 0.206 e. The van der Waals surface area contributed by atoms with Crippen LogP contribution in [0.25, 0.3) is 0 Å². The van der Waals surface area contributed by atoms with Crippen LogP contribution in [0.4, 0.5) is 0 Å². The quantitative estimate of drug-likeness (QED) is 0.522. The highest BCUT2D eigenvalue weighted by Gasteiger charge is 2.68. The van der Waals surface area contributed by atoms with Crippen molar-refractivity contribution in [3.05, 3.63) is 0 Å². The standard InChI is InChI=1S/C10H13BrO2/c1-9(2)6-3-4-10(9,5-11)8(13)7(6)12/h6H,3-5H2,1-2H3/t6-,10+/m0/s1. The molecule has 2 aliphatic carbocycles. The van der Waals surface area contributed by atoms with E-state index in [9.17, 15) is 9.59 Å². The maximum absolute atomic E-state index is 11.8. The van der Waals surface area contributed by atoms with E-state index in [1.54, 1.807) is 0 Å². The second kappa shape index (κ2) is 2.44. The van der Waals surface area contributed by atoms with Crippen LogP contribution >= 0.6 is 15.9 Å². The minimum Gasteiger partial charge on any atom is -0.291 e. The van der Waals surface area contributed by atoms with Crippen LogP contribution in [-0.4, -0.2) is 16.9 Å². The van der Waals surface area contributed by atoms with Crippen molar-refractivity contribution in [1.82, 2.24) is 0 Å². The Labute approximate surface area is 86.2 Å². The molecule has 13 heavy (non-hydrogen) atoms. The van der Waals surface area contributed by atoms with E-state index in [1.165, 1.54) is 0 Å². The molecule has 0 N–H and O–H groups in total. The van der Waals surface area contributed by atoms with Crippen molar-refractivity contribution in [3.63, 3.8) is 0 Å². The van der Waals surface area contributed by atoms with Crippen molar-refractivity contribution in [1.29, 1.82) is 0 Å². The van der Waals surface area contributed by atoms with Gasteiger partial charge >= 0.3 is 0 Å². The number of hydrogen-bond donors (Lipinski definition) is 0. The molecule has 0 saturated heterocycles. The van der Waals surface area contributed by atoms with Gasteiger partial charge in [-0.3, -0.25) is 9.59 Å². The zero-order valence-corrected chi connectivity index (χ0v) is 9.48. The van der Waals surface area contributed by atoms with Crippen LogP contribution in [0.15, 0.2) is 0 Å². The summed E-state index contributed by atoms with van der Waals surface area (Å²) < 4.78 is 0. The summed E-state index contributed by atoms with van der Waals surface area (Å²) in [6, 6.07) is 0. The first kappa shape index (κ1) is 9.38. The van der Waals surface area contributed by atoms with Crippen LogP contribution in [0, 0.1) is 16.7 Å². The maximum Gasteiger partial charge on any atom is 0.206 e. The Bertz CT molecular complexity index is 295. The lowest BCUT2D eigenvalue weighted by molar-refractivity contribution is -0.141. The molecule has 2 rings (SSSR count). The first-order chi connectivity index (χ1) is 5.97. The molecule has 0 unspecified atom stereocenters. The zero-order valence-electron chi connectivity index (χ0n) is 7.89. The Kier molecular flexibility index (Phi) is 1.76. The Balaban J connectivity index is 2.56. The van der Waals surface area contributed by atoms with Gasteiger partial charge in [0.05, 0.1) is 5.41 Å². The van der Waals surface area contributed by atoms with Crippen LogP contribution in [0.2, 0.25) is 0 Å². The Hall–Kier alpha value is -0.180.